The second-order valence-electron chi connectivity index (χ2n) is 6.38. The first-order valence-corrected chi connectivity index (χ1v) is 8.80. The van der Waals surface area contributed by atoms with Crippen LogP contribution in [0.2, 0.25) is 0 Å². The first-order chi connectivity index (χ1) is 12.7. The number of rotatable bonds is 6. The van der Waals surface area contributed by atoms with Crippen molar-refractivity contribution in [2.75, 3.05) is 38.8 Å². The minimum absolute atomic E-state index is 0.262. The average Bonchev–Trinajstić information content (AvgIpc) is 2.68. The van der Waals surface area contributed by atoms with Gasteiger partial charge in [0.15, 0.2) is 0 Å². The SMILES string of the molecule is COc1ccc(/C(C)=N\Nc2ccc(F)cc2)cc1C[NH+]1CCOCC1. The molecular formula is C20H25FN3O2+. The zero-order valence-electron chi connectivity index (χ0n) is 15.2. The standard InChI is InChI=1S/C20H24FN3O2/c1-15(22-23-19-6-4-18(21)5-7-19)16-3-8-20(25-2)17(13-16)14-24-9-11-26-12-10-24/h3-8,13,23H,9-12,14H2,1-2H3/p+1/b22-15-. The maximum Gasteiger partial charge on any atom is 0.127 e. The first kappa shape index (κ1) is 18.4. The number of benzene rings is 2. The average molecular weight is 358 g/mol. The summed E-state index contributed by atoms with van der Waals surface area (Å²) in [6, 6.07) is 12.3. The van der Waals surface area contributed by atoms with Crippen molar-refractivity contribution in [2.45, 2.75) is 13.5 Å². The first-order valence-electron chi connectivity index (χ1n) is 8.80. The van der Waals surface area contributed by atoms with E-state index in [1.807, 2.05) is 19.1 Å². The Morgan fingerprint density at radius 1 is 1.19 bits per heavy atom. The van der Waals surface area contributed by atoms with Crippen molar-refractivity contribution >= 4 is 11.4 Å². The number of halogens is 1. The summed E-state index contributed by atoms with van der Waals surface area (Å²) < 4.78 is 23.9. The van der Waals surface area contributed by atoms with Gasteiger partial charge in [0, 0.05) is 5.56 Å². The van der Waals surface area contributed by atoms with E-state index >= 15 is 0 Å². The normalized spacial score (nSPS) is 15.7. The summed E-state index contributed by atoms with van der Waals surface area (Å²) >= 11 is 0. The van der Waals surface area contributed by atoms with Gasteiger partial charge in [-0.15, -0.1) is 0 Å². The van der Waals surface area contributed by atoms with Crippen LogP contribution in [0.3, 0.4) is 0 Å². The summed E-state index contributed by atoms with van der Waals surface area (Å²) in [6.07, 6.45) is 0. The number of nitrogens with zero attached hydrogens (tertiary/aromatic N) is 1. The molecule has 0 atom stereocenters. The van der Waals surface area contributed by atoms with Gasteiger partial charge >= 0.3 is 0 Å². The molecule has 2 aromatic carbocycles. The van der Waals surface area contributed by atoms with Gasteiger partial charge in [-0.2, -0.15) is 5.10 Å². The van der Waals surface area contributed by atoms with E-state index in [-0.39, 0.29) is 5.82 Å². The van der Waals surface area contributed by atoms with Gasteiger partial charge in [0.2, 0.25) is 0 Å². The fourth-order valence-corrected chi connectivity index (χ4v) is 2.99. The third-order valence-electron chi connectivity index (χ3n) is 4.54. The number of nitrogens with one attached hydrogen (secondary N) is 2. The minimum atomic E-state index is -0.262. The molecule has 1 fully saturated rings. The zero-order valence-corrected chi connectivity index (χ0v) is 15.2. The largest absolute Gasteiger partial charge is 0.496 e. The Morgan fingerprint density at radius 2 is 1.92 bits per heavy atom. The maximum atomic E-state index is 13.0. The highest BCUT2D eigenvalue weighted by Crippen LogP contribution is 2.20. The van der Waals surface area contributed by atoms with E-state index in [2.05, 4.69) is 16.6 Å². The molecule has 0 amide bonds. The Kier molecular flexibility index (Phi) is 6.20. The molecule has 1 aliphatic rings. The number of anilines is 1. The topological polar surface area (TPSA) is 47.3 Å². The van der Waals surface area contributed by atoms with E-state index in [0.29, 0.717) is 0 Å². The molecule has 3 rings (SSSR count). The number of quaternary nitrogens is 1. The predicted octanol–water partition coefficient (Wildman–Crippen LogP) is 2.09. The van der Waals surface area contributed by atoms with Crippen LogP contribution in [-0.2, 0) is 11.3 Å². The highest BCUT2D eigenvalue weighted by Gasteiger charge is 2.17. The van der Waals surface area contributed by atoms with E-state index in [1.165, 1.54) is 22.6 Å². The van der Waals surface area contributed by atoms with Crippen LogP contribution in [0, 0.1) is 5.82 Å². The van der Waals surface area contributed by atoms with Gasteiger partial charge in [-0.3, -0.25) is 5.43 Å². The Hall–Kier alpha value is -2.44. The zero-order chi connectivity index (χ0) is 18.4. The highest BCUT2D eigenvalue weighted by molar-refractivity contribution is 5.99. The van der Waals surface area contributed by atoms with Crippen molar-refractivity contribution in [1.29, 1.82) is 0 Å². The molecule has 138 valence electrons. The highest BCUT2D eigenvalue weighted by atomic mass is 19.1. The van der Waals surface area contributed by atoms with Crippen molar-refractivity contribution in [3.8, 4) is 5.75 Å². The number of ether oxygens (including phenoxy) is 2. The molecule has 0 unspecified atom stereocenters. The molecule has 2 aromatic rings. The molecule has 0 aliphatic carbocycles. The van der Waals surface area contributed by atoms with E-state index in [4.69, 9.17) is 9.47 Å². The molecule has 0 radical (unpaired) electrons. The Labute approximate surface area is 153 Å². The van der Waals surface area contributed by atoms with Crippen LogP contribution in [-0.4, -0.2) is 39.1 Å². The lowest BCUT2D eigenvalue weighted by Crippen LogP contribution is -3.12. The number of hydrazone groups is 1. The van der Waals surface area contributed by atoms with Gasteiger partial charge < -0.3 is 14.4 Å². The maximum absolute atomic E-state index is 13.0. The van der Waals surface area contributed by atoms with Crippen LogP contribution in [0.1, 0.15) is 18.1 Å². The van der Waals surface area contributed by atoms with Crippen molar-refractivity contribution in [3.63, 3.8) is 0 Å². The fourth-order valence-electron chi connectivity index (χ4n) is 2.99. The number of hydrogen-bond acceptors (Lipinski definition) is 4. The number of methoxy groups -OCH3 is 1. The lowest BCUT2D eigenvalue weighted by molar-refractivity contribution is -0.921. The summed E-state index contributed by atoms with van der Waals surface area (Å²) in [7, 11) is 1.70. The molecule has 1 saturated heterocycles. The second kappa shape index (κ2) is 8.78. The van der Waals surface area contributed by atoms with Crippen molar-refractivity contribution < 1.29 is 18.8 Å². The second-order valence-corrected chi connectivity index (χ2v) is 6.38. The van der Waals surface area contributed by atoms with Crippen molar-refractivity contribution in [3.05, 3.63) is 59.4 Å². The quantitative estimate of drug-likeness (QED) is 0.614. The van der Waals surface area contributed by atoms with Crippen molar-refractivity contribution in [1.82, 2.24) is 0 Å². The minimum Gasteiger partial charge on any atom is -0.496 e. The molecule has 1 aliphatic heterocycles. The number of hydrogen-bond donors (Lipinski definition) is 2. The summed E-state index contributed by atoms with van der Waals surface area (Å²) in [5.74, 6) is 0.633. The Morgan fingerprint density at radius 3 is 2.62 bits per heavy atom. The molecule has 0 saturated carbocycles. The van der Waals surface area contributed by atoms with Gasteiger partial charge in [-0.1, -0.05) is 0 Å². The van der Waals surface area contributed by atoms with Gasteiger partial charge in [0.05, 0.1) is 31.7 Å². The van der Waals surface area contributed by atoms with Gasteiger partial charge in [-0.05, 0) is 55.0 Å². The van der Waals surface area contributed by atoms with Gasteiger partial charge in [0.1, 0.15) is 31.2 Å². The third-order valence-corrected chi connectivity index (χ3v) is 4.54. The van der Waals surface area contributed by atoms with Gasteiger partial charge in [0.25, 0.3) is 0 Å². The van der Waals surface area contributed by atoms with E-state index in [0.717, 1.165) is 55.6 Å². The van der Waals surface area contributed by atoms with Crippen LogP contribution in [0.15, 0.2) is 47.6 Å². The van der Waals surface area contributed by atoms with E-state index in [1.54, 1.807) is 19.2 Å². The summed E-state index contributed by atoms with van der Waals surface area (Å²) in [5, 5.41) is 4.41. The summed E-state index contributed by atoms with van der Waals surface area (Å²) in [4.78, 5) is 1.49. The van der Waals surface area contributed by atoms with Crippen LogP contribution < -0.4 is 15.1 Å². The Balaban J connectivity index is 1.74. The summed E-state index contributed by atoms with van der Waals surface area (Å²) in [5.41, 5.74) is 6.77. The smallest absolute Gasteiger partial charge is 0.127 e. The molecule has 0 spiro atoms. The Bertz CT molecular complexity index is 756. The molecule has 0 bridgehead atoms. The lowest BCUT2D eigenvalue weighted by Gasteiger charge is -2.24. The molecule has 6 heteroatoms. The van der Waals surface area contributed by atoms with E-state index in [9.17, 15) is 4.39 Å². The van der Waals surface area contributed by atoms with Gasteiger partial charge in [-0.25, -0.2) is 4.39 Å². The van der Waals surface area contributed by atoms with Crippen molar-refractivity contribution in [2.24, 2.45) is 5.10 Å². The molecule has 1 heterocycles. The fraction of sp³-hybridized carbons (Fsp3) is 0.350. The van der Waals surface area contributed by atoms with Crippen LogP contribution in [0.5, 0.6) is 5.75 Å². The molecule has 26 heavy (non-hydrogen) atoms. The predicted molar refractivity (Wildman–Crippen MR) is 100 cm³/mol. The summed E-state index contributed by atoms with van der Waals surface area (Å²) in [6.45, 7) is 6.47. The molecule has 5 nitrogen and oxygen atoms in total. The molecular weight excluding hydrogens is 333 g/mol. The van der Waals surface area contributed by atoms with Crippen LogP contribution in [0.4, 0.5) is 10.1 Å². The lowest BCUT2D eigenvalue weighted by atomic mass is 10.1. The van der Waals surface area contributed by atoms with Crippen LogP contribution >= 0.6 is 0 Å². The molecule has 2 N–H and O–H groups in total. The molecule has 0 aromatic heterocycles. The number of morpholine rings is 1. The van der Waals surface area contributed by atoms with Crippen LogP contribution in [0.25, 0.3) is 0 Å². The monoisotopic (exact) mass is 358 g/mol. The third kappa shape index (κ3) is 4.80. The van der Waals surface area contributed by atoms with E-state index < -0.39 is 0 Å².